The topological polar surface area (TPSA) is 99.5 Å². The number of benzene rings is 1. The summed E-state index contributed by atoms with van der Waals surface area (Å²) in [6.07, 6.45) is 0.146. The van der Waals surface area contributed by atoms with Crippen LogP contribution in [0.5, 0.6) is 0 Å². The molecule has 1 N–H and O–H groups in total. The van der Waals surface area contributed by atoms with Crippen LogP contribution in [0.1, 0.15) is 35.0 Å². The van der Waals surface area contributed by atoms with Crippen molar-refractivity contribution >= 4 is 34.8 Å². The maximum absolute atomic E-state index is 12.6. The number of likely N-dealkylation sites (tertiary alicyclic amines) is 1. The van der Waals surface area contributed by atoms with Gasteiger partial charge in [0.25, 0.3) is 11.8 Å². The minimum Gasteiger partial charge on any atom is -0.451 e. The van der Waals surface area contributed by atoms with Crippen LogP contribution in [0.3, 0.4) is 0 Å². The van der Waals surface area contributed by atoms with Gasteiger partial charge in [-0.25, -0.2) is 4.79 Å². The zero-order valence-electron chi connectivity index (χ0n) is 15.3. The van der Waals surface area contributed by atoms with Gasteiger partial charge in [0.15, 0.2) is 6.10 Å². The Bertz CT molecular complexity index is 920. The van der Waals surface area contributed by atoms with Gasteiger partial charge in [-0.05, 0) is 43.3 Å². The zero-order chi connectivity index (χ0) is 20.1. The Labute approximate surface area is 166 Å². The van der Waals surface area contributed by atoms with E-state index in [-0.39, 0.29) is 5.91 Å². The molecule has 2 atom stereocenters. The van der Waals surface area contributed by atoms with E-state index >= 15 is 0 Å². The van der Waals surface area contributed by atoms with Gasteiger partial charge in [0.1, 0.15) is 12.1 Å². The summed E-state index contributed by atoms with van der Waals surface area (Å²) in [4.78, 5) is 39.6. The van der Waals surface area contributed by atoms with Crippen LogP contribution < -0.4 is 5.32 Å². The number of thiophene rings is 1. The summed E-state index contributed by atoms with van der Waals surface area (Å²) >= 11 is 1.32. The summed E-state index contributed by atoms with van der Waals surface area (Å²) in [5.41, 5.74) is 0.672. The highest BCUT2D eigenvalue weighted by atomic mass is 32.1. The Kier molecular flexibility index (Phi) is 6.06. The Morgan fingerprint density at radius 2 is 2.07 bits per heavy atom. The zero-order valence-corrected chi connectivity index (χ0v) is 16.1. The standard InChI is InChI=1S/C20H19N3O4S/c1-13(18(24)22-15-7-3-2-6-14(15)12-21)27-20(26)16-8-4-10-23(16)19(25)17-9-5-11-28-17/h2-3,5-7,9,11,13,16H,4,8,10H2,1H3,(H,22,24)/t13-,16+/m1/s1. The maximum atomic E-state index is 12.6. The van der Waals surface area contributed by atoms with Gasteiger partial charge in [-0.1, -0.05) is 18.2 Å². The second-order valence-electron chi connectivity index (χ2n) is 6.36. The molecule has 0 spiro atoms. The van der Waals surface area contributed by atoms with Crippen molar-refractivity contribution < 1.29 is 19.1 Å². The lowest BCUT2D eigenvalue weighted by Gasteiger charge is -2.24. The second-order valence-corrected chi connectivity index (χ2v) is 7.31. The molecule has 7 nitrogen and oxygen atoms in total. The number of amides is 2. The first kappa shape index (κ1) is 19.6. The number of ether oxygens (including phenoxy) is 1. The Balaban J connectivity index is 1.62. The van der Waals surface area contributed by atoms with E-state index in [0.717, 1.165) is 0 Å². The molecule has 1 saturated heterocycles. The molecule has 1 aliphatic rings. The van der Waals surface area contributed by atoms with Crippen molar-refractivity contribution in [3.63, 3.8) is 0 Å². The predicted octanol–water partition coefficient (Wildman–Crippen LogP) is 2.79. The molecule has 2 aromatic rings. The number of rotatable bonds is 5. The summed E-state index contributed by atoms with van der Waals surface area (Å²) in [5.74, 6) is -1.33. The van der Waals surface area contributed by atoms with Crippen molar-refractivity contribution in [3.05, 3.63) is 52.2 Å². The molecule has 144 valence electrons. The first-order valence-electron chi connectivity index (χ1n) is 8.86. The number of para-hydroxylation sites is 1. The molecule has 1 aliphatic heterocycles. The largest absolute Gasteiger partial charge is 0.451 e. The second kappa shape index (κ2) is 8.67. The minimum atomic E-state index is -1.06. The third-order valence-corrected chi connectivity index (χ3v) is 5.34. The van der Waals surface area contributed by atoms with Gasteiger partial charge in [0.2, 0.25) is 0 Å². The van der Waals surface area contributed by atoms with E-state index in [2.05, 4.69) is 5.32 Å². The quantitative estimate of drug-likeness (QED) is 0.782. The van der Waals surface area contributed by atoms with Gasteiger partial charge in [-0.15, -0.1) is 11.3 Å². The summed E-state index contributed by atoms with van der Waals surface area (Å²) in [6, 6.07) is 11.4. The number of carbonyl (C=O) groups is 3. The summed E-state index contributed by atoms with van der Waals surface area (Å²) in [5, 5.41) is 13.5. The van der Waals surface area contributed by atoms with Gasteiger partial charge in [-0.3, -0.25) is 9.59 Å². The smallest absolute Gasteiger partial charge is 0.329 e. The van der Waals surface area contributed by atoms with Crippen LogP contribution in [-0.2, 0) is 14.3 Å². The molecule has 0 saturated carbocycles. The normalized spacial score (nSPS) is 16.9. The molecular weight excluding hydrogens is 378 g/mol. The molecule has 2 amide bonds. The Morgan fingerprint density at radius 1 is 1.29 bits per heavy atom. The fourth-order valence-electron chi connectivity index (χ4n) is 3.03. The highest BCUT2D eigenvalue weighted by molar-refractivity contribution is 7.12. The lowest BCUT2D eigenvalue weighted by atomic mass is 10.2. The number of nitrogens with one attached hydrogen (secondary N) is 1. The van der Waals surface area contributed by atoms with E-state index in [1.54, 1.807) is 36.4 Å². The molecule has 0 aliphatic carbocycles. The highest BCUT2D eigenvalue weighted by Gasteiger charge is 2.37. The molecule has 8 heteroatoms. The third kappa shape index (κ3) is 4.21. The van der Waals surface area contributed by atoms with E-state index in [1.165, 1.54) is 23.2 Å². The molecule has 3 rings (SSSR count). The third-order valence-electron chi connectivity index (χ3n) is 4.49. The average Bonchev–Trinajstić information content (AvgIpc) is 3.39. The molecular formula is C20H19N3O4S. The molecule has 2 heterocycles. The molecule has 0 bridgehead atoms. The van der Waals surface area contributed by atoms with Gasteiger partial charge < -0.3 is 15.0 Å². The van der Waals surface area contributed by atoms with E-state index in [0.29, 0.717) is 35.5 Å². The van der Waals surface area contributed by atoms with Crippen LogP contribution in [0, 0.1) is 11.3 Å². The lowest BCUT2D eigenvalue weighted by molar-refractivity contribution is -0.156. The van der Waals surface area contributed by atoms with Crippen molar-refractivity contribution in [1.82, 2.24) is 4.90 Å². The summed E-state index contributed by atoms with van der Waals surface area (Å²) in [7, 11) is 0. The van der Waals surface area contributed by atoms with Crippen LogP contribution >= 0.6 is 11.3 Å². The van der Waals surface area contributed by atoms with Gasteiger partial charge in [-0.2, -0.15) is 5.26 Å². The van der Waals surface area contributed by atoms with Crippen molar-refractivity contribution in [2.45, 2.75) is 31.9 Å². The van der Waals surface area contributed by atoms with Crippen LogP contribution in [0.4, 0.5) is 5.69 Å². The molecule has 1 aromatic carbocycles. The molecule has 0 radical (unpaired) electrons. The molecule has 1 aromatic heterocycles. The molecule has 0 unspecified atom stereocenters. The summed E-state index contributed by atoms with van der Waals surface area (Å²) < 4.78 is 5.32. The number of anilines is 1. The molecule has 28 heavy (non-hydrogen) atoms. The number of hydrogen-bond donors (Lipinski definition) is 1. The Morgan fingerprint density at radius 3 is 2.79 bits per heavy atom. The van der Waals surface area contributed by atoms with Crippen LogP contribution in [-0.4, -0.2) is 41.4 Å². The fourth-order valence-corrected chi connectivity index (χ4v) is 3.71. The average molecular weight is 397 g/mol. The number of carbonyl (C=O) groups excluding carboxylic acids is 3. The number of nitriles is 1. The number of esters is 1. The van der Waals surface area contributed by atoms with Crippen molar-refractivity contribution in [2.75, 3.05) is 11.9 Å². The van der Waals surface area contributed by atoms with Gasteiger partial charge in [0.05, 0.1) is 16.1 Å². The van der Waals surface area contributed by atoms with Crippen molar-refractivity contribution in [1.29, 1.82) is 5.26 Å². The van der Waals surface area contributed by atoms with Crippen molar-refractivity contribution in [3.8, 4) is 6.07 Å². The molecule has 1 fully saturated rings. The lowest BCUT2D eigenvalue weighted by Crippen LogP contribution is -2.43. The summed E-state index contributed by atoms with van der Waals surface area (Å²) in [6.45, 7) is 1.94. The Hall–Kier alpha value is -3.18. The van der Waals surface area contributed by atoms with Crippen LogP contribution in [0.2, 0.25) is 0 Å². The van der Waals surface area contributed by atoms with E-state index in [4.69, 9.17) is 10.00 Å². The van der Waals surface area contributed by atoms with Gasteiger partial charge >= 0.3 is 5.97 Å². The predicted molar refractivity (Wildman–Crippen MR) is 104 cm³/mol. The van der Waals surface area contributed by atoms with Crippen LogP contribution in [0.15, 0.2) is 41.8 Å². The maximum Gasteiger partial charge on any atom is 0.329 e. The first-order chi connectivity index (χ1) is 13.5. The van der Waals surface area contributed by atoms with E-state index in [1.807, 2.05) is 11.4 Å². The van der Waals surface area contributed by atoms with Crippen molar-refractivity contribution in [2.24, 2.45) is 0 Å². The first-order valence-corrected chi connectivity index (χ1v) is 9.74. The fraction of sp³-hybridized carbons (Fsp3) is 0.300. The number of hydrogen-bond acceptors (Lipinski definition) is 6. The van der Waals surface area contributed by atoms with E-state index in [9.17, 15) is 14.4 Å². The van der Waals surface area contributed by atoms with E-state index < -0.39 is 24.0 Å². The van der Waals surface area contributed by atoms with Gasteiger partial charge in [0, 0.05) is 6.54 Å². The van der Waals surface area contributed by atoms with Crippen LogP contribution in [0.25, 0.3) is 0 Å². The number of nitrogens with zero attached hydrogens (tertiary/aromatic N) is 2. The SMILES string of the molecule is C[C@@H](OC(=O)[C@@H]1CCCN1C(=O)c1cccs1)C(=O)Nc1ccccc1C#N. The monoisotopic (exact) mass is 397 g/mol. The minimum absolute atomic E-state index is 0.200. The highest BCUT2D eigenvalue weighted by Crippen LogP contribution is 2.23.